The van der Waals surface area contributed by atoms with Crippen LogP contribution in [0.25, 0.3) is 0 Å². The molecule has 0 saturated carbocycles. The van der Waals surface area contributed by atoms with Crippen molar-refractivity contribution < 1.29 is 9.53 Å². The van der Waals surface area contributed by atoms with Crippen molar-refractivity contribution in [1.29, 1.82) is 0 Å². The van der Waals surface area contributed by atoms with Crippen LogP contribution in [-0.2, 0) is 13.3 Å². The van der Waals surface area contributed by atoms with Gasteiger partial charge in [-0.1, -0.05) is 53.0 Å². The van der Waals surface area contributed by atoms with Gasteiger partial charge in [0.25, 0.3) is 5.91 Å². The summed E-state index contributed by atoms with van der Waals surface area (Å²) in [7, 11) is 0. The van der Waals surface area contributed by atoms with E-state index in [1.807, 2.05) is 42.8 Å². The van der Waals surface area contributed by atoms with Crippen LogP contribution in [0.3, 0.4) is 0 Å². The normalized spacial score (nSPS) is 10.9. The summed E-state index contributed by atoms with van der Waals surface area (Å²) in [5.74, 6) is 0.126. The number of anilines is 1. The number of carbonyl (C=O) groups is 1. The quantitative estimate of drug-likeness (QED) is 0.335. The monoisotopic (exact) mass is 503 g/mol. The van der Waals surface area contributed by atoms with Gasteiger partial charge in [0.2, 0.25) is 0 Å². The molecule has 2 heterocycles. The number of carbonyl (C=O) groups excluding carboxylic acids is 1. The van der Waals surface area contributed by atoms with Crippen LogP contribution >= 0.6 is 34.8 Å². The molecule has 0 bridgehead atoms. The van der Waals surface area contributed by atoms with Crippen LogP contribution in [-0.4, -0.2) is 25.5 Å². The Labute approximate surface area is 205 Å². The first-order chi connectivity index (χ1) is 15.8. The summed E-state index contributed by atoms with van der Waals surface area (Å²) < 4.78 is 8.97. The fourth-order valence-corrected chi connectivity index (χ4v) is 3.94. The lowest BCUT2D eigenvalue weighted by Crippen LogP contribution is -2.15. The Hall–Kier alpha value is -3.00. The first-order valence-electron chi connectivity index (χ1n) is 10.0. The van der Waals surface area contributed by atoms with Crippen molar-refractivity contribution in [3.05, 3.63) is 92.4 Å². The molecule has 0 radical (unpaired) electrons. The van der Waals surface area contributed by atoms with Gasteiger partial charge in [0, 0.05) is 16.2 Å². The molecule has 0 aliphatic carbocycles. The van der Waals surface area contributed by atoms with Crippen molar-refractivity contribution in [2.75, 3.05) is 5.32 Å². The molecule has 0 aliphatic heterocycles. The Morgan fingerprint density at radius 3 is 2.58 bits per heavy atom. The molecule has 0 saturated heterocycles. The summed E-state index contributed by atoms with van der Waals surface area (Å²) in [5, 5.41) is 13.3. The van der Waals surface area contributed by atoms with Gasteiger partial charge >= 0.3 is 0 Å². The highest BCUT2D eigenvalue weighted by molar-refractivity contribution is 6.35. The third-order valence-electron chi connectivity index (χ3n) is 5.02. The first-order valence-corrected chi connectivity index (χ1v) is 11.2. The molecule has 0 aliphatic rings. The second-order valence-electron chi connectivity index (χ2n) is 7.34. The smallest absolute Gasteiger partial charge is 0.276 e. The predicted octanol–water partition coefficient (Wildman–Crippen LogP) is 5.99. The van der Waals surface area contributed by atoms with E-state index in [4.69, 9.17) is 39.5 Å². The van der Waals surface area contributed by atoms with E-state index < -0.39 is 0 Å². The average Bonchev–Trinajstić information content (AvgIpc) is 3.35. The van der Waals surface area contributed by atoms with Crippen molar-refractivity contribution in [3.8, 4) is 5.75 Å². The SMILES string of the molecule is Cc1nn(Cc2ccccc2Cl)c(C)c1NC(=O)c1ccn(COc2ccc(Cl)cc2Cl)n1. The number of ether oxygens (including phenoxy) is 1. The van der Waals surface area contributed by atoms with Gasteiger partial charge in [-0.3, -0.25) is 9.48 Å². The summed E-state index contributed by atoms with van der Waals surface area (Å²) in [6.45, 7) is 4.33. The fraction of sp³-hybridized carbons (Fsp3) is 0.174. The van der Waals surface area contributed by atoms with E-state index in [0.29, 0.717) is 38.7 Å². The van der Waals surface area contributed by atoms with Crippen molar-refractivity contribution in [3.63, 3.8) is 0 Å². The maximum Gasteiger partial charge on any atom is 0.276 e. The number of nitrogens with zero attached hydrogens (tertiary/aromatic N) is 4. The van der Waals surface area contributed by atoms with Crippen molar-refractivity contribution in [2.45, 2.75) is 27.1 Å². The maximum atomic E-state index is 12.8. The number of aryl methyl sites for hydroxylation is 1. The summed E-state index contributed by atoms with van der Waals surface area (Å²) >= 11 is 18.3. The van der Waals surface area contributed by atoms with Crippen LogP contribution in [0.2, 0.25) is 15.1 Å². The number of nitrogens with one attached hydrogen (secondary N) is 1. The van der Waals surface area contributed by atoms with Gasteiger partial charge in [0.05, 0.1) is 28.6 Å². The highest BCUT2D eigenvalue weighted by Crippen LogP contribution is 2.28. The minimum absolute atomic E-state index is 0.0858. The van der Waals surface area contributed by atoms with Crippen LogP contribution < -0.4 is 10.1 Å². The molecule has 170 valence electrons. The van der Waals surface area contributed by atoms with E-state index in [9.17, 15) is 4.79 Å². The zero-order chi connectivity index (χ0) is 23.5. The van der Waals surface area contributed by atoms with E-state index >= 15 is 0 Å². The van der Waals surface area contributed by atoms with E-state index in [0.717, 1.165) is 11.3 Å². The zero-order valence-electron chi connectivity index (χ0n) is 17.8. The van der Waals surface area contributed by atoms with Crippen LogP contribution in [0, 0.1) is 13.8 Å². The fourth-order valence-electron chi connectivity index (χ4n) is 3.28. The molecule has 10 heteroatoms. The number of rotatable bonds is 7. The highest BCUT2D eigenvalue weighted by atomic mass is 35.5. The summed E-state index contributed by atoms with van der Waals surface area (Å²) in [4.78, 5) is 12.8. The van der Waals surface area contributed by atoms with E-state index in [1.54, 1.807) is 30.5 Å². The minimum Gasteiger partial charge on any atom is -0.470 e. The number of hydrogen-bond acceptors (Lipinski definition) is 4. The standard InChI is InChI=1S/C23H20Cl3N5O2/c1-14-22(15(2)31(28-14)12-16-5-3-4-6-18(16)25)27-23(32)20-9-10-30(29-20)13-33-21-8-7-17(24)11-19(21)26/h3-11H,12-13H2,1-2H3,(H,27,32). The molecular formula is C23H20Cl3N5O2. The van der Waals surface area contributed by atoms with Crippen LogP contribution in [0.4, 0.5) is 5.69 Å². The van der Waals surface area contributed by atoms with E-state index in [-0.39, 0.29) is 18.3 Å². The van der Waals surface area contributed by atoms with Crippen molar-refractivity contribution in [2.24, 2.45) is 0 Å². The predicted molar refractivity (Wildman–Crippen MR) is 130 cm³/mol. The zero-order valence-corrected chi connectivity index (χ0v) is 20.1. The van der Waals surface area contributed by atoms with Gasteiger partial charge < -0.3 is 10.1 Å². The molecule has 0 fully saturated rings. The largest absolute Gasteiger partial charge is 0.470 e. The number of aromatic nitrogens is 4. The molecule has 0 spiro atoms. The molecule has 7 nitrogen and oxygen atoms in total. The second kappa shape index (κ2) is 9.87. The Morgan fingerprint density at radius 2 is 1.82 bits per heavy atom. The number of benzene rings is 2. The minimum atomic E-state index is -0.346. The summed E-state index contributed by atoms with van der Waals surface area (Å²) in [6.07, 6.45) is 1.65. The molecule has 2 aromatic carbocycles. The third-order valence-corrected chi connectivity index (χ3v) is 5.92. The molecule has 0 atom stereocenters. The molecule has 4 rings (SSSR count). The molecule has 4 aromatic rings. The number of amides is 1. The van der Waals surface area contributed by atoms with Gasteiger partial charge in [0.1, 0.15) is 5.75 Å². The molecule has 1 amide bonds. The molecule has 2 aromatic heterocycles. The second-order valence-corrected chi connectivity index (χ2v) is 8.59. The van der Waals surface area contributed by atoms with E-state index in [2.05, 4.69) is 15.5 Å². The van der Waals surface area contributed by atoms with Gasteiger partial charge in [-0.05, 0) is 49.7 Å². The maximum absolute atomic E-state index is 12.8. The lowest BCUT2D eigenvalue weighted by Gasteiger charge is -2.08. The Morgan fingerprint density at radius 1 is 1.03 bits per heavy atom. The van der Waals surface area contributed by atoms with Gasteiger partial charge in [0.15, 0.2) is 12.4 Å². The highest BCUT2D eigenvalue weighted by Gasteiger charge is 2.17. The average molecular weight is 505 g/mol. The topological polar surface area (TPSA) is 74.0 Å². The van der Waals surface area contributed by atoms with Crippen molar-refractivity contribution >= 4 is 46.4 Å². The van der Waals surface area contributed by atoms with Crippen LogP contribution in [0.15, 0.2) is 54.7 Å². The molecule has 0 unspecified atom stereocenters. The molecule has 33 heavy (non-hydrogen) atoms. The van der Waals surface area contributed by atoms with Gasteiger partial charge in [-0.15, -0.1) is 0 Å². The van der Waals surface area contributed by atoms with E-state index in [1.165, 1.54) is 4.68 Å². The molecular weight excluding hydrogens is 485 g/mol. The van der Waals surface area contributed by atoms with Crippen LogP contribution in [0.5, 0.6) is 5.75 Å². The summed E-state index contributed by atoms with van der Waals surface area (Å²) in [6, 6.07) is 14.2. The molecule has 1 N–H and O–H groups in total. The Bertz CT molecular complexity index is 1320. The van der Waals surface area contributed by atoms with Gasteiger partial charge in [-0.25, -0.2) is 4.68 Å². The number of hydrogen-bond donors (Lipinski definition) is 1. The lowest BCUT2D eigenvalue weighted by atomic mass is 10.2. The summed E-state index contributed by atoms with van der Waals surface area (Å²) in [5.41, 5.74) is 3.36. The first kappa shape index (κ1) is 23.2. The number of halogens is 3. The van der Waals surface area contributed by atoms with Crippen molar-refractivity contribution in [1.82, 2.24) is 19.6 Å². The third kappa shape index (κ3) is 5.33. The lowest BCUT2D eigenvalue weighted by molar-refractivity contribution is 0.102. The Kier molecular flexibility index (Phi) is 6.93. The van der Waals surface area contributed by atoms with Gasteiger partial charge in [-0.2, -0.15) is 10.2 Å². The Balaban J connectivity index is 1.43. The van der Waals surface area contributed by atoms with Crippen LogP contribution in [0.1, 0.15) is 27.4 Å².